The number of amides is 2. The molecule has 1 aromatic carbocycles. The third-order valence-corrected chi connectivity index (χ3v) is 8.91. The SMILES string of the molecule is O=C(N[C@H]1C[C@H](C(=O)N[C@H](c2c(F)ccc(Cl)c2Cl)C23CCC(F)(CC2)C3)C[C@H]1O)c1cnccn1. The first kappa shape index (κ1) is 25.3. The Hall–Kier alpha value is -2.36. The Balaban J connectivity index is 1.36. The first-order chi connectivity index (χ1) is 17.1. The molecule has 0 saturated heterocycles. The first-order valence-electron chi connectivity index (χ1n) is 12.0. The summed E-state index contributed by atoms with van der Waals surface area (Å²) in [5.74, 6) is -2.18. The minimum atomic E-state index is -1.33. The highest BCUT2D eigenvalue weighted by atomic mass is 35.5. The molecule has 7 nitrogen and oxygen atoms in total. The van der Waals surface area contributed by atoms with E-state index >= 15 is 8.78 Å². The third kappa shape index (κ3) is 4.57. The molecule has 192 valence electrons. The second-order valence-corrected chi connectivity index (χ2v) is 11.1. The number of nitrogens with zero attached hydrogens (tertiary/aromatic N) is 2. The molecule has 5 rings (SSSR count). The molecule has 2 bridgehead atoms. The largest absolute Gasteiger partial charge is 0.391 e. The third-order valence-electron chi connectivity index (χ3n) is 8.09. The Bertz CT molecular complexity index is 1180. The van der Waals surface area contributed by atoms with Crippen molar-refractivity contribution >= 4 is 35.0 Å². The van der Waals surface area contributed by atoms with Gasteiger partial charge in [0.25, 0.3) is 5.91 Å². The molecule has 2 aromatic rings. The van der Waals surface area contributed by atoms with Crippen molar-refractivity contribution in [3.63, 3.8) is 0 Å². The van der Waals surface area contributed by atoms with Gasteiger partial charge in [0.15, 0.2) is 0 Å². The number of hydrogen-bond acceptors (Lipinski definition) is 5. The summed E-state index contributed by atoms with van der Waals surface area (Å²) < 4.78 is 30.3. The van der Waals surface area contributed by atoms with Crippen molar-refractivity contribution in [3.8, 4) is 0 Å². The van der Waals surface area contributed by atoms with E-state index in [1.807, 2.05) is 0 Å². The molecular weight excluding hydrogens is 513 g/mol. The van der Waals surface area contributed by atoms with E-state index < -0.39 is 52.8 Å². The molecule has 2 amide bonds. The minimum Gasteiger partial charge on any atom is -0.391 e. The summed E-state index contributed by atoms with van der Waals surface area (Å²) in [5.41, 5.74) is -1.85. The van der Waals surface area contributed by atoms with Crippen molar-refractivity contribution < 1.29 is 23.5 Å². The molecule has 4 atom stereocenters. The van der Waals surface area contributed by atoms with Gasteiger partial charge in [-0.2, -0.15) is 0 Å². The van der Waals surface area contributed by atoms with E-state index in [0.29, 0.717) is 25.7 Å². The fourth-order valence-corrected chi connectivity index (χ4v) is 6.64. The van der Waals surface area contributed by atoms with Gasteiger partial charge in [-0.15, -0.1) is 0 Å². The van der Waals surface area contributed by atoms with E-state index in [0.717, 1.165) is 0 Å². The highest BCUT2D eigenvalue weighted by Crippen LogP contribution is 2.64. The van der Waals surface area contributed by atoms with E-state index in [4.69, 9.17) is 23.2 Å². The summed E-state index contributed by atoms with van der Waals surface area (Å²) in [6.45, 7) is 0. The number of nitrogens with one attached hydrogen (secondary N) is 2. The van der Waals surface area contributed by atoms with Crippen LogP contribution in [0.4, 0.5) is 8.78 Å². The summed E-state index contributed by atoms with van der Waals surface area (Å²) in [6, 6.07) is 1.000. The van der Waals surface area contributed by atoms with Gasteiger partial charge < -0.3 is 15.7 Å². The molecule has 36 heavy (non-hydrogen) atoms. The van der Waals surface area contributed by atoms with Crippen LogP contribution in [0.15, 0.2) is 30.7 Å². The molecule has 3 N–H and O–H groups in total. The Labute approximate surface area is 217 Å². The molecule has 0 unspecified atom stereocenters. The van der Waals surface area contributed by atoms with Gasteiger partial charge in [0.05, 0.1) is 34.4 Å². The Morgan fingerprint density at radius 2 is 1.89 bits per heavy atom. The smallest absolute Gasteiger partial charge is 0.271 e. The van der Waals surface area contributed by atoms with Crippen LogP contribution in [0.2, 0.25) is 10.0 Å². The Morgan fingerprint density at radius 3 is 2.53 bits per heavy atom. The average Bonchev–Trinajstić information content (AvgIpc) is 3.52. The molecule has 0 spiro atoms. The van der Waals surface area contributed by atoms with Gasteiger partial charge in [-0.3, -0.25) is 14.6 Å². The lowest BCUT2D eigenvalue weighted by atomic mass is 9.74. The van der Waals surface area contributed by atoms with Gasteiger partial charge in [-0.25, -0.2) is 13.8 Å². The van der Waals surface area contributed by atoms with Gasteiger partial charge >= 0.3 is 0 Å². The molecule has 1 heterocycles. The maximum atomic E-state index is 15.1. The maximum absolute atomic E-state index is 15.1. The van der Waals surface area contributed by atoms with Gasteiger partial charge in [0, 0.05) is 23.9 Å². The van der Waals surface area contributed by atoms with Gasteiger partial charge in [0.1, 0.15) is 17.2 Å². The maximum Gasteiger partial charge on any atom is 0.271 e. The number of carbonyl (C=O) groups excluding carboxylic acids is 2. The summed E-state index contributed by atoms with van der Waals surface area (Å²) in [5, 5.41) is 16.4. The van der Waals surface area contributed by atoms with Crippen molar-refractivity contribution in [1.29, 1.82) is 0 Å². The van der Waals surface area contributed by atoms with E-state index in [1.165, 1.54) is 30.7 Å². The second kappa shape index (κ2) is 9.50. The molecule has 1 aromatic heterocycles. The van der Waals surface area contributed by atoms with Gasteiger partial charge in [-0.05, 0) is 62.5 Å². The van der Waals surface area contributed by atoms with Crippen LogP contribution >= 0.6 is 23.2 Å². The van der Waals surface area contributed by atoms with Crippen LogP contribution in [0.3, 0.4) is 0 Å². The van der Waals surface area contributed by atoms with E-state index in [-0.39, 0.29) is 40.6 Å². The summed E-state index contributed by atoms with van der Waals surface area (Å²) >= 11 is 12.6. The van der Waals surface area contributed by atoms with Crippen LogP contribution in [0.25, 0.3) is 0 Å². The molecular formula is C25H26Cl2F2N4O3. The zero-order valence-electron chi connectivity index (χ0n) is 19.3. The minimum absolute atomic E-state index is 0.000155. The number of benzene rings is 1. The highest BCUT2D eigenvalue weighted by molar-refractivity contribution is 6.42. The summed E-state index contributed by atoms with van der Waals surface area (Å²) in [4.78, 5) is 33.7. The molecule has 0 radical (unpaired) electrons. The molecule has 3 aliphatic carbocycles. The van der Waals surface area contributed by atoms with Crippen molar-refractivity contribution in [2.24, 2.45) is 11.3 Å². The molecule has 3 aliphatic rings. The van der Waals surface area contributed by atoms with E-state index in [9.17, 15) is 14.7 Å². The first-order valence-corrected chi connectivity index (χ1v) is 12.7. The van der Waals surface area contributed by atoms with E-state index in [1.54, 1.807) is 0 Å². The summed E-state index contributed by atoms with van der Waals surface area (Å²) in [6.07, 6.45) is 5.33. The predicted octanol–water partition coefficient (Wildman–Crippen LogP) is 4.32. The zero-order chi connectivity index (χ0) is 25.7. The van der Waals surface area contributed by atoms with Crippen molar-refractivity contribution in [2.45, 2.75) is 68.8 Å². The fraction of sp³-hybridized carbons (Fsp3) is 0.520. The molecule has 0 aliphatic heterocycles. The number of aliphatic hydroxyl groups excluding tert-OH is 1. The number of rotatable bonds is 6. The number of alkyl halides is 1. The van der Waals surface area contributed by atoms with E-state index in [2.05, 4.69) is 20.6 Å². The molecule has 3 saturated carbocycles. The van der Waals surface area contributed by atoms with Crippen molar-refractivity contribution in [2.75, 3.05) is 0 Å². The van der Waals surface area contributed by atoms with Crippen LogP contribution in [0, 0.1) is 17.2 Å². The monoisotopic (exact) mass is 538 g/mol. The quantitative estimate of drug-likeness (QED) is 0.475. The highest BCUT2D eigenvalue weighted by Gasteiger charge is 2.59. The van der Waals surface area contributed by atoms with Crippen LogP contribution in [-0.2, 0) is 4.79 Å². The topological polar surface area (TPSA) is 104 Å². The molecule has 3 fully saturated rings. The Kier molecular flexibility index (Phi) is 6.68. The number of carbonyl (C=O) groups is 2. The average molecular weight is 539 g/mol. The lowest BCUT2D eigenvalue weighted by Crippen LogP contribution is -2.42. The number of aliphatic hydroxyl groups is 1. The molecule has 11 heteroatoms. The Morgan fingerprint density at radius 1 is 1.14 bits per heavy atom. The number of hydrogen-bond donors (Lipinski definition) is 3. The number of fused-ring (bicyclic) bond motifs is 2. The second-order valence-electron chi connectivity index (χ2n) is 10.3. The van der Waals surface area contributed by atoms with Crippen molar-refractivity contribution in [1.82, 2.24) is 20.6 Å². The number of halogens is 4. The number of aromatic nitrogens is 2. The van der Waals surface area contributed by atoms with Crippen LogP contribution in [0.1, 0.15) is 67.0 Å². The van der Waals surface area contributed by atoms with Gasteiger partial charge in [-0.1, -0.05) is 23.2 Å². The van der Waals surface area contributed by atoms with Gasteiger partial charge in [0.2, 0.25) is 5.91 Å². The standard InChI is InChI=1S/C25H26Cl2F2N4O3/c26-14-1-2-15(28)19(20(14)27)21(24-3-5-25(29,12-24)6-4-24)33-22(35)13-9-16(18(34)10-13)32-23(36)17-11-30-7-8-31-17/h1-2,7-8,11,13,16,18,21,34H,3-6,9-10,12H2,(H,32,36)(H,33,35)/t13-,16-,18+,21+,24?,25?/m0/s1. The zero-order valence-corrected chi connectivity index (χ0v) is 20.8. The normalized spacial score (nSPS) is 31.9. The van der Waals surface area contributed by atoms with Crippen LogP contribution < -0.4 is 10.6 Å². The lowest BCUT2D eigenvalue weighted by molar-refractivity contribution is -0.127. The van der Waals surface area contributed by atoms with Crippen LogP contribution in [0.5, 0.6) is 0 Å². The lowest BCUT2D eigenvalue weighted by Gasteiger charge is -2.38. The van der Waals surface area contributed by atoms with Crippen molar-refractivity contribution in [3.05, 3.63) is 57.8 Å². The predicted molar refractivity (Wildman–Crippen MR) is 129 cm³/mol. The summed E-state index contributed by atoms with van der Waals surface area (Å²) in [7, 11) is 0. The fourth-order valence-electron chi connectivity index (χ4n) is 6.21. The van der Waals surface area contributed by atoms with Crippen LogP contribution in [-0.4, -0.2) is 44.7 Å².